The van der Waals surface area contributed by atoms with Crippen molar-refractivity contribution in [3.8, 4) is 5.88 Å². The van der Waals surface area contributed by atoms with Gasteiger partial charge in [-0.25, -0.2) is 0 Å². The molecule has 1 aromatic heterocycles. The second-order valence-corrected chi connectivity index (χ2v) is 3.60. The number of pyridine rings is 1. The van der Waals surface area contributed by atoms with Gasteiger partial charge in [0.25, 0.3) is 0 Å². The van der Waals surface area contributed by atoms with E-state index in [-0.39, 0.29) is 5.54 Å². The van der Waals surface area contributed by atoms with Gasteiger partial charge in [-0.3, -0.25) is 0 Å². The highest BCUT2D eigenvalue weighted by Gasteiger charge is 2.24. The molecule has 11 heavy (non-hydrogen) atoms. The quantitative estimate of drug-likeness (QED) is 0.559. The Kier molecular flexibility index (Phi) is 1.85. The molecular weight excluding hydrogens is 138 g/mol. The number of hydrogen-bond donors (Lipinski definition) is 1. The van der Waals surface area contributed by atoms with Gasteiger partial charge in [-0.05, 0) is 6.07 Å². The van der Waals surface area contributed by atoms with Gasteiger partial charge in [-0.2, -0.15) is 4.57 Å². The second-order valence-electron chi connectivity index (χ2n) is 3.60. The normalized spacial score (nSPS) is 11.5. The fraction of sp³-hybridized carbons (Fsp3) is 0.444. The van der Waals surface area contributed by atoms with Gasteiger partial charge in [0.1, 0.15) is 0 Å². The molecule has 1 rings (SSSR count). The van der Waals surface area contributed by atoms with Crippen LogP contribution in [0.2, 0.25) is 0 Å². The molecule has 0 unspecified atom stereocenters. The van der Waals surface area contributed by atoms with Crippen LogP contribution >= 0.6 is 0 Å². The van der Waals surface area contributed by atoms with Crippen molar-refractivity contribution in [1.82, 2.24) is 0 Å². The Morgan fingerprint density at radius 3 is 2.27 bits per heavy atom. The van der Waals surface area contributed by atoms with E-state index in [4.69, 9.17) is 0 Å². The van der Waals surface area contributed by atoms with Crippen molar-refractivity contribution in [2.45, 2.75) is 26.3 Å². The summed E-state index contributed by atoms with van der Waals surface area (Å²) in [6.45, 7) is 6.14. The lowest BCUT2D eigenvalue weighted by Gasteiger charge is -2.12. The lowest BCUT2D eigenvalue weighted by Crippen LogP contribution is -2.49. The zero-order valence-electron chi connectivity index (χ0n) is 7.20. The average Bonchev–Trinajstić information content (AvgIpc) is 1.86. The first-order chi connectivity index (χ1) is 5.02. The summed E-state index contributed by atoms with van der Waals surface area (Å²) >= 11 is 0. The van der Waals surface area contributed by atoms with E-state index in [1.807, 2.05) is 43.7 Å². The van der Waals surface area contributed by atoms with Gasteiger partial charge in [0.15, 0.2) is 11.7 Å². The van der Waals surface area contributed by atoms with Crippen LogP contribution in [-0.2, 0) is 5.54 Å². The van der Waals surface area contributed by atoms with Crippen LogP contribution in [0.5, 0.6) is 5.88 Å². The van der Waals surface area contributed by atoms with Crippen LogP contribution in [0.15, 0.2) is 24.4 Å². The van der Waals surface area contributed by atoms with E-state index in [0.29, 0.717) is 5.88 Å². The molecule has 0 spiro atoms. The Morgan fingerprint density at radius 2 is 1.91 bits per heavy atom. The molecule has 0 aliphatic carbocycles. The van der Waals surface area contributed by atoms with Crippen molar-refractivity contribution in [3.63, 3.8) is 0 Å². The highest BCUT2D eigenvalue weighted by Crippen LogP contribution is 2.09. The minimum Gasteiger partial charge on any atom is -0.460 e. The summed E-state index contributed by atoms with van der Waals surface area (Å²) in [6, 6.07) is 5.41. The molecule has 0 saturated carbocycles. The minimum atomic E-state index is -0.0503. The van der Waals surface area contributed by atoms with E-state index in [9.17, 15) is 5.11 Å². The van der Waals surface area contributed by atoms with Gasteiger partial charge in [-0.1, -0.05) is 0 Å². The predicted molar refractivity (Wildman–Crippen MR) is 43.3 cm³/mol. The zero-order valence-corrected chi connectivity index (χ0v) is 7.20. The van der Waals surface area contributed by atoms with Crippen molar-refractivity contribution >= 4 is 0 Å². The first-order valence-electron chi connectivity index (χ1n) is 3.72. The maximum absolute atomic E-state index is 9.41. The zero-order chi connectivity index (χ0) is 8.48. The topological polar surface area (TPSA) is 24.1 Å². The molecule has 1 N–H and O–H groups in total. The van der Waals surface area contributed by atoms with Crippen molar-refractivity contribution < 1.29 is 9.67 Å². The molecule has 1 heterocycles. The third-order valence-corrected chi connectivity index (χ3v) is 1.56. The third-order valence-electron chi connectivity index (χ3n) is 1.56. The number of hydrogen-bond acceptors (Lipinski definition) is 1. The molecule has 0 atom stereocenters. The second kappa shape index (κ2) is 2.53. The lowest BCUT2D eigenvalue weighted by atomic mass is 10.1. The van der Waals surface area contributed by atoms with E-state index in [0.717, 1.165) is 0 Å². The number of aromatic nitrogens is 1. The molecule has 0 saturated heterocycles. The Bertz CT molecular complexity index is 250. The van der Waals surface area contributed by atoms with E-state index < -0.39 is 0 Å². The molecule has 0 aliphatic heterocycles. The molecule has 2 nitrogen and oxygen atoms in total. The van der Waals surface area contributed by atoms with E-state index >= 15 is 0 Å². The van der Waals surface area contributed by atoms with Crippen molar-refractivity contribution in [1.29, 1.82) is 0 Å². The lowest BCUT2D eigenvalue weighted by molar-refractivity contribution is -0.758. The summed E-state index contributed by atoms with van der Waals surface area (Å²) in [4.78, 5) is 0. The van der Waals surface area contributed by atoms with Gasteiger partial charge < -0.3 is 5.11 Å². The van der Waals surface area contributed by atoms with Crippen molar-refractivity contribution in [2.24, 2.45) is 0 Å². The van der Waals surface area contributed by atoms with Gasteiger partial charge >= 0.3 is 5.88 Å². The first-order valence-corrected chi connectivity index (χ1v) is 3.72. The smallest absolute Gasteiger partial charge is 0.365 e. The van der Waals surface area contributed by atoms with E-state index in [1.54, 1.807) is 6.07 Å². The first kappa shape index (κ1) is 8.05. The SMILES string of the molecule is CC(C)(C)[n+]1ccccc1O. The van der Waals surface area contributed by atoms with Gasteiger partial charge in [0.2, 0.25) is 0 Å². The molecule has 1 aromatic rings. The summed E-state index contributed by atoms with van der Waals surface area (Å²) < 4.78 is 1.83. The molecular formula is C9H14NO+. The van der Waals surface area contributed by atoms with Gasteiger partial charge in [0, 0.05) is 26.8 Å². The van der Waals surface area contributed by atoms with Crippen LogP contribution in [0.25, 0.3) is 0 Å². The fourth-order valence-corrected chi connectivity index (χ4v) is 1.00. The van der Waals surface area contributed by atoms with Crippen molar-refractivity contribution in [2.75, 3.05) is 0 Å². The van der Waals surface area contributed by atoms with E-state index in [2.05, 4.69) is 0 Å². The highest BCUT2D eigenvalue weighted by molar-refractivity contribution is 5.00. The van der Waals surface area contributed by atoms with Crippen LogP contribution in [-0.4, -0.2) is 5.11 Å². The largest absolute Gasteiger partial charge is 0.460 e. The number of aromatic hydroxyl groups is 1. The molecule has 0 amide bonds. The average molecular weight is 152 g/mol. The molecule has 0 bridgehead atoms. The van der Waals surface area contributed by atoms with Crippen molar-refractivity contribution in [3.05, 3.63) is 24.4 Å². The summed E-state index contributed by atoms with van der Waals surface area (Å²) in [5, 5.41) is 9.41. The Morgan fingerprint density at radius 1 is 1.27 bits per heavy atom. The highest BCUT2D eigenvalue weighted by atomic mass is 16.3. The minimum absolute atomic E-state index is 0.0503. The molecule has 2 heteroatoms. The fourth-order valence-electron chi connectivity index (χ4n) is 1.00. The Hall–Kier alpha value is -1.05. The standard InChI is InChI=1S/C9H13NO/c1-9(2,3)10-7-5-4-6-8(10)11/h4-7H,1-3H3/p+1. The maximum Gasteiger partial charge on any atom is 0.365 e. The summed E-state index contributed by atoms with van der Waals surface area (Å²) in [6.07, 6.45) is 1.87. The van der Waals surface area contributed by atoms with Crippen LogP contribution in [0.3, 0.4) is 0 Å². The van der Waals surface area contributed by atoms with Crippen LogP contribution in [0.1, 0.15) is 20.8 Å². The molecule has 60 valence electrons. The third kappa shape index (κ3) is 1.70. The monoisotopic (exact) mass is 152 g/mol. The number of rotatable bonds is 0. The Labute approximate surface area is 67.1 Å². The van der Waals surface area contributed by atoms with Crippen LogP contribution in [0.4, 0.5) is 0 Å². The molecule has 0 aliphatic rings. The summed E-state index contributed by atoms with van der Waals surface area (Å²) in [5.41, 5.74) is -0.0503. The summed E-state index contributed by atoms with van der Waals surface area (Å²) in [5.74, 6) is 0.306. The van der Waals surface area contributed by atoms with Crippen LogP contribution < -0.4 is 4.57 Å². The van der Waals surface area contributed by atoms with E-state index in [1.165, 1.54) is 0 Å². The molecule has 0 fully saturated rings. The summed E-state index contributed by atoms with van der Waals surface area (Å²) in [7, 11) is 0. The predicted octanol–water partition coefficient (Wildman–Crippen LogP) is 1.43. The van der Waals surface area contributed by atoms with Gasteiger partial charge in [0.05, 0.1) is 6.07 Å². The van der Waals surface area contributed by atoms with Gasteiger partial charge in [-0.15, -0.1) is 0 Å². The number of nitrogens with zero attached hydrogens (tertiary/aromatic N) is 1. The molecule has 0 aromatic carbocycles. The van der Waals surface area contributed by atoms with Crippen LogP contribution in [0, 0.1) is 0 Å². The molecule has 0 radical (unpaired) electrons. The Balaban J connectivity index is 3.14. The maximum atomic E-state index is 9.41.